The van der Waals surface area contributed by atoms with Gasteiger partial charge in [0.25, 0.3) is 0 Å². The molecule has 2 atom stereocenters. The summed E-state index contributed by atoms with van der Waals surface area (Å²) >= 11 is 0. The third-order valence-corrected chi connectivity index (χ3v) is 3.05. The Balaban J connectivity index is 1.84. The zero-order chi connectivity index (χ0) is 10.7. The van der Waals surface area contributed by atoms with E-state index < -0.39 is 0 Å². The van der Waals surface area contributed by atoms with Crippen LogP contribution in [0.15, 0.2) is 30.3 Å². The molecule has 0 aliphatic carbocycles. The highest BCUT2D eigenvalue weighted by Gasteiger charge is 2.24. The zero-order valence-corrected chi connectivity index (χ0v) is 9.23. The van der Waals surface area contributed by atoms with Crippen molar-refractivity contribution in [1.82, 2.24) is 4.90 Å². The van der Waals surface area contributed by atoms with Gasteiger partial charge in [0.05, 0.1) is 6.61 Å². The van der Waals surface area contributed by atoms with Crippen molar-refractivity contribution in [2.75, 3.05) is 19.7 Å². The van der Waals surface area contributed by atoms with Crippen LogP contribution in [0.2, 0.25) is 0 Å². The number of hydrogen-bond donors (Lipinski definition) is 0. The summed E-state index contributed by atoms with van der Waals surface area (Å²) in [6, 6.07) is 10.0. The Bertz CT molecular complexity index is 299. The van der Waals surface area contributed by atoms with Gasteiger partial charge in [-0.15, -0.1) is 0 Å². The normalized spacial score (nSPS) is 26.8. The molecule has 1 saturated heterocycles. The predicted molar refractivity (Wildman–Crippen MR) is 61.5 cm³/mol. The van der Waals surface area contributed by atoms with Gasteiger partial charge in [0, 0.05) is 5.92 Å². The summed E-state index contributed by atoms with van der Waals surface area (Å²) in [4.78, 5) is 2.13. The molecule has 15 heavy (non-hydrogen) atoms. The van der Waals surface area contributed by atoms with Gasteiger partial charge in [-0.3, -0.25) is 7.05 Å². The largest absolute Gasteiger partial charge is 0.493 e. The number of benzene rings is 1. The van der Waals surface area contributed by atoms with Crippen molar-refractivity contribution in [3.63, 3.8) is 0 Å². The van der Waals surface area contributed by atoms with Crippen LogP contribution in [0.3, 0.4) is 0 Å². The first kappa shape index (κ1) is 10.5. The number of likely N-dealkylation sites (tertiary alicyclic amines) is 1. The SMILES string of the molecule is [CH2-]N1C[C@H](COc2ccccc2)[C@@H](C)C1. The second kappa shape index (κ2) is 4.67. The van der Waals surface area contributed by atoms with Gasteiger partial charge in [0.1, 0.15) is 5.75 Å². The first-order valence-corrected chi connectivity index (χ1v) is 5.49. The maximum Gasteiger partial charge on any atom is 0.119 e. The summed E-state index contributed by atoms with van der Waals surface area (Å²) in [5.41, 5.74) is 0. The van der Waals surface area contributed by atoms with E-state index in [2.05, 4.69) is 18.9 Å². The summed E-state index contributed by atoms with van der Waals surface area (Å²) in [6.07, 6.45) is 0. The second-order valence-electron chi connectivity index (χ2n) is 4.40. The highest BCUT2D eigenvalue weighted by Crippen LogP contribution is 2.23. The van der Waals surface area contributed by atoms with E-state index in [1.807, 2.05) is 30.3 Å². The Kier molecular flexibility index (Phi) is 3.27. The van der Waals surface area contributed by atoms with Crippen LogP contribution in [0, 0.1) is 18.9 Å². The van der Waals surface area contributed by atoms with Crippen LogP contribution >= 0.6 is 0 Å². The number of para-hydroxylation sites is 1. The molecule has 2 heteroatoms. The second-order valence-corrected chi connectivity index (χ2v) is 4.40. The van der Waals surface area contributed by atoms with Crippen molar-refractivity contribution in [2.45, 2.75) is 6.92 Å². The lowest BCUT2D eigenvalue weighted by Gasteiger charge is -2.17. The third-order valence-electron chi connectivity index (χ3n) is 3.05. The molecule has 2 rings (SSSR count). The van der Waals surface area contributed by atoms with Gasteiger partial charge in [0.15, 0.2) is 0 Å². The van der Waals surface area contributed by atoms with E-state index in [1.165, 1.54) is 0 Å². The van der Waals surface area contributed by atoms with Crippen molar-refractivity contribution < 1.29 is 4.74 Å². The summed E-state index contributed by atoms with van der Waals surface area (Å²) in [5, 5.41) is 0. The molecule has 0 amide bonds. The maximum absolute atomic E-state index is 5.75. The average molecular weight is 204 g/mol. The van der Waals surface area contributed by atoms with Crippen LogP contribution in [-0.2, 0) is 0 Å². The van der Waals surface area contributed by atoms with Crippen molar-refractivity contribution in [1.29, 1.82) is 0 Å². The van der Waals surface area contributed by atoms with E-state index in [4.69, 9.17) is 4.74 Å². The molecule has 0 aromatic heterocycles. The van der Waals surface area contributed by atoms with Crippen LogP contribution in [0.25, 0.3) is 0 Å². The highest BCUT2D eigenvalue weighted by molar-refractivity contribution is 5.20. The van der Waals surface area contributed by atoms with Crippen LogP contribution < -0.4 is 4.74 Å². The molecule has 1 heterocycles. The van der Waals surface area contributed by atoms with E-state index in [0.29, 0.717) is 11.8 Å². The Morgan fingerprint density at radius 2 is 2.07 bits per heavy atom. The van der Waals surface area contributed by atoms with Gasteiger partial charge in [-0.2, -0.15) is 0 Å². The summed E-state index contributed by atoms with van der Waals surface area (Å²) in [5.74, 6) is 2.26. The molecule has 1 aliphatic rings. The minimum Gasteiger partial charge on any atom is -0.493 e. The third kappa shape index (κ3) is 2.72. The summed E-state index contributed by atoms with van der Waals surface area (Å²) < 4.78 is 5.75. The van der Waals surface area contributed by atoms with Crippen LogP contribution in [0.4, 0.5) is 0 Å². The molecule has 1 aromatic carbocycles. The first-order chi connectivity index (χ1) is 7.25. The van der Waals surface area contributed by atoms with E-state index in [0.717, 1.165) is 25.4 Å². The fourth-order valence-corrected chi connectivity index (χ4v) is 2.08. The fraction of sp³-hybridized carbons (Fsp3) is 0.462. The topological polar surface area (TPSA) is 12.5 Å². The number of rotatable bonds is 3. The summed E-state index contributed by atoms with van der Waals surface area (Å²) in [7, 11) is 3.97. The number of nitrogens with zero attached hydrogens (tertiary/aromatic N) is 1. The Labute approximate surface area is 91.9 Å². The molecule has 1 aromatic rings. The molecule has 0 spiro atoms. The summed E-state index contributed by atoms with van der Waals surface area (Å²) in [6.45, 7) is 5.21. The van der Waals surface area contributed by atoms with Crippen LogP contribution in [0.1, 0.15) is 6.92 Å². The molecule has 0 N–H and O–H groups in total. The fourth-order valence-electron chi connectivity index (χ4n) is 2.08. The van der Waals surface area contributed by atoms with Gasteiger partial charge < -0.3 is 9.64 Å². The van der Waals surface area contributed by atoms with Crippen molar-refractivity contribution in [3.8, 4) is 5.75 Å². The van der Waals surface area contributed by atoms with E-state index in [-0.39, 0.29) is 0 Å². The molecular weight excluding hydrogens is 186 g/mol. The maximum atomic E-state index is 5.75. The quantitative estimate of drug-likeness (QED) is 0.701. The standard InChI is InChI=1S/C13H18NO/c1-11-8-14(2)9-12(11)10-15-13-6-4-3-5-7-13/h3-7,11-12H,2,8-10H2,1H3/q-1/t11-,12+/m0/s1. The van der Waals surface area contributed by atoms with Crippen molar-refractivity contribution in [2.24, 2.45) is 11.8 Å². The number of ether oxygens (including phenoxy) is 1. The van der Waals surface area contributed by atoms with Crippen LogP contribution in [0.5, 0.6) is 5.75 Å². The zero-order valence-electron chi connectivity index (χ0n) is 9.23. The van der Waals surface area contributed by atoms with Crippen molar-refractivity contribution in [3.05, 3.63) is 37.4 Å². The van der Waals surface area contributed by atoms with Gasteiger partial charge in [0.2, 0.25) is 0 Å². The average Bonchev–Trinajstić information content (AvgIpc) is 2.56. The molecule has 1 fully saturated rings. The van der Waals surface area contributed by atoms with Gasteiger partial charge in [-0.25, -0.2) is 0 Å². The predicted octanol–water partition coefficient (Wildman–Crippen LogP) is 2.42. The Hall–Kier alpha value is -1.02. The Morgan fingerprint density at radius 3 is 2.67 bits per heavy atom. The smallest absolute Gasteiger partial charge is 0.119 e. The van der Waals surface area contributed by atoms with Crippen LogP contribution in [-0.4, -0.2) is 24.6 Å². The lowest BCUT2D eigenvalue weighted by Crippen LogP contribution is -2.18. The molecule has 2 nitrogen and oxygen atoms in total. The van der Waals surface area contributed by atoms with E-state index in [9.17, 15) is 0 Å². The number of hydrogen-bond acceptors (Lipinski definition) is 2. The molecule has 0 saturated carbocycles. The van der Waals surface area contributed by atoms with E-state index in [1.54, 1.807) is 0 Å². The minimum atomic E-state index is 0.614. The molecular formula is C13H18NO-. The molecule has 0 bridgehead atoms. The first-order valence-electron chi connectivity index (χ1n) is 5.49. The van der Waals surface area contributed by atoms with E-state index >= 15 is 0 Å². The Morgan fingerprint density at radius 1 is 1.33 bits per heavy atom. The lowest BCUT2D eigenvalue weighted by atomic mass is 9.99. The molecule has 1 aliphatic heterocycles. The van der Waals surface area contributed by atoms with Gasteiger partial charge in [-0.1, -0.05) is 25.1 Å². The highest BCUT2D eigenvalue weighted by atomic mass is 16.5. The lowest BCUT2D eigenvalue weighted by molar-refractivity contribution is 0.229. The molecule has 0 radical (unpaired) electrons. The molecule has 82 valence electrons. The van der Waals surface area contributed by atoms with Gasteiger partial charge in [-0.05, 0) is 31.1 Å². The monoisotopic (exact) mass is 204 g/mol. The van der Waals surface area contributed by atoms with Crippen molar-refractivity contribution >= 4 is 0 Å². The van der Waals surface area contributed by atoms with Gasteiger partial charge >= 0.3 is 0 Å². The minimum absolute atomic E-state index is 0.614. The molecule has 0 unspecified atom stereocenters.